The lowest BCUT2D eigenvalue weighted by molar-refractivity contribution is -0.130. The van der Waals surface area contributed by atoms with E-state index >= 15 is 0 Å². The smallest absolute Gasteiger partial charge is 0.264 e. The fraction of sp³-hybridized carbons (Fsp3) is 0.316. The molecule has 2 aromatic carbocycles. The summed E-state index contributed by atoms with van der Waals surface area (Å²) in [5.74, 6) is 2.63. The highest BCUT2D eigenvalue weighted by Crippen LogP contribution is 2.35. The summed E-state index contributed by atoms with van der Waals surface area (Å²) in [6.07, 6.45) is -0.712. The van der Waals surface area contributed by atoms with Gasteiger partial charge in [0.2, 0.25) is 6.10 Å². The van der Waals surface area contributed by atoms with E-state index in [1.807, 2.05) is 12.1 Å². The average molecular weight is 359 g/mol. The SMILES string of the molecule is COc1cc(OC)c(OC)cc1CNC(=O)[C@@H]1COc2ccccc2O1. The molecule has 0 saturated carbocycles. The highest BCUT2D eigenvalue weighted by molar-refractivity contribution is 5.81. The Morgan fingerprint density at radius 2 is 1.69 bits per heavy atom. The van der Waals surface area contributed by atoms with Crippen molar-refractivity contribution in [3.05, 3.63) is 42.0 Å². The van der Waals surface area contributed by atoms with Gasteiger partial charge in [0.15, 0.2) is 23.0 Å². The van der Waals surface area contributed by atoms with Crippen LogP contribution in [0.15, 0.2) is 36.4 Å². The number of carbonyl (C=O) groups excluding carboxylic acids is 1. The molecule has 1 atom stereocenters. The van der Waals surface area contributed by atoms with Crippen LogP contribution in [0.4, 0.5) is 0 Å². The summed E-state index contributed by atoms with van der Waals surface area (Å²) in [7, 11) is 4.66. The number of hydrogen-bond donors (Lipinski definition) is 1. The van der Waals surface area contributed by atoms with Crippen molar-refractivity contribution in [1.29, 1.82) is 0 Å². The van der Waals surface area contributed by atoms with Gasteiger partial charge in [0.05, 0.1) is 21.3 Å². The summed E-state index contributed by atoms with van der Waals surface area (Å²) in [5.41, 5.74) is 0.760. The molecule has 0 aromatic heterocycles. The van der Waals surface area contributed by atoms with Crippen molar-refractivity contribution in [2.24, 2.45) is 0 Å². The van der Waals surface area contributed by atoms with Crippen LogP contribution in [0.5, 0.6) is 28.7 Å². The molecule has 1 aliphatic rings. The topological polar surface area (TPSA) is 75.2 Å². The van der Waals surface area contributed by atoms with E-state index in [4.69, 9.17) is 23.7 Å². The third-order valence-corrected chi connectivity index (χ3v) is 4.04. The van der Waals surface area contributed by atoms with Crippen molar-refractivity contribution in [1.82, 2.24) is 5.32 Å². The highest BCUT2D eigenvalue weighted by Gasteiger charge is 2.27. The van der Waals surface area contributed by atoms with E-state index in [1.54, 1.807) is 45.6 Å². The number of rotatable bonds is 6. The summed E-state index contributed by atoms with van der Waals surface area (Å²) >= 11 is 0. The van der Waals surface area contributed by atoms with Crippen LogP contribution in [-0.4, -0.2) is 39.9 Å². The minimum absolute atomic E-state index is 0.159. The summed E-state index contributed by atoms with van der Waals surface area (Å²) in [4.78, 5) is 12.4. The molecule has 1 heterocycles. The average Bonchev–Trinajstić information content (AvgIpc) is 2.70. The fourth-order valence-corrected chi connectivity index (χ4v) is 2.68. The van der Waals surface area contributed by atoms with Gasteiger partial charge < -0.3 is 29.0 Å². The van der Waals surface area contributed by atoms with E-state index in [0.29, 0.717) is 28.7 Å². The molecule has 0 radical (unpaired) electrons. The van der Waals surface area contributed by atoms with Gasteiger partial charge >= 0.3 is 0 Å². The normalized spacial score (nSPS) is 15.1. The lowest BCUT2D eigenvalue weighted by Crippen LogP contribution is -2.43. The molecule has 0 unspecified atom stereocenters. The number of fused-ring (bicyclic) bond motifs is 1. The van der Waals surface area contributed by atoms with Crippen molar-refractivity contribution in [2.75, 3.05) is 27.9 Å². The molecule has 0 spiro atoms. The van der Waals surface area contributed by atoms with Crippen LogP contribution in [0.25, 0.3) is 0 Å². The molecule has 0 fully saturated rings. The molecule has 7 nitrogen and oxygen atoms in total. The molecule has 2 aromatic rings. The van der Waals surface area contributed by atoms with Gasteiger partial charge in [-0.05, 0) is 18.2 Å². The Balaban J connectivity index is 1.68. The van der Waals surface area contributed by atoms with Gasteiger partial charge in [-0.2, -0.15) is 0 Å². The van der Waals surface area contributed by atoms with Gasteiger partial charge in [-0.15, -0.1) is 0 Å². The van der Waals surface area contributed by atoms with Gasteiger partial charge in [-0.1, -0.05) is 12.1 Å². The molecule has 7 heteroatoms. The molecule has 1 amide bonds. The number of nitrogens with one attached hydrogen (secondary N) is 1. The van der Waals surface area contributed by atoms with Gasteiger partial charge in [0.1, 0.15) is 12.4 Å². The number of amides is 1. The zero-order valence-electron chi connectivity index (χ0n) is 14.9. The first-order valence-corrected chi connectivity index (χ1v) is 8.11. The molecular formula is C19H21NO6. The van der Waals surface area contributed by atoms with E-state index < -0.39 is 6.10 Å². The first kappa shape index (κ1) is 17.7. The van der Waals surface area contributed by atoms with Crippen LogP contribution in [0.2, 0.25) is 0 Å². The summed E-state index contributed by atoms with van der Waals surface area (Å²) in [5, 5.41) is 2.84. The van der Waals surface area contributed by atoms with E-state index in [1.165, 1.54) is 0 Å². The molecule has 3 rings (SSSR count). The summed E-state index contributed by atoms with van der Waals surface area (Å²) < 4.78 is 27.2. The molecule has 0 saturated heterocycles. The number of benzene rings is 2. The van der Waals surface area contributed by atoms with Gasteiger partial charge in [0, 0.05) is 18.2 Å². The number of carbonyl (C=O) groups is 1. The molecule has 1 N–H and O–H groups in total. The maximum absolute atomic E-state index is 12.4. The van der Waals surface area contributed by atoms with E-state index in [2.05, 4.69) is 5.32 Å². The third kappa shape index (κ3) is 3.61. The Morgan fingerprint density at radius 3 is 2.38 bits per heavy atom. The van der Waals surface area contributed by atoms with Crippen molar-refractivity contribution >= 4 is 5.91 Å². The second-order valence-electron chi connectivity index (χ2n) is 5.60. The summed E-state index contributed by atoms with van der Waals surface area (Å²) in [6.45, 7) is 0.412. The molecule has 1 aliphatic heterocycles. The number of ether oxygens (including phenoxy) is 5. The Bertz CT molecular complexity index is 792. The predicted octanol–water partition coefficient (Wildman–Crippen LogP) is 2.17. The van der Waals surface area contributed by atoms with Crippen molar-refractivity contribution in [2.45, 2.75) is 12.6 Å². The first-order chi connectivity index (χ1) is 12.7. The van der Waals surface area contributed by atoms with Crippen LogP contribution in [0.1, 0.15) is 5.56 Å². The van der Waals surface area contributed by atoms with Crippen LogP contribution < -0.4 is 29.0 Å². The van der Waals surface area contributed by atoms with Gasteiger partial charge in [-0.25, -0.2) is 0 Å². The van der Waals surface area contributed by atoms with Crippen LogP contribution in [-0.2, 0) is 11.3 Å². The van der Waals surface area contributed by atoms with Gasteiger partial charge in [-0.3, -0.25) is 4.79 Å². The Hall–Kier alpha value is -3.09. The molecule has 138 valence electrons. The third-order valence-electron chi connectivity index (χ3n) is 4.04. The summed E-state index contributed by atoms with van der Waals surface area (Å²) in [6, 6.07) is 10.7. The first-order valence-electron chi connectivity index (χ1n) is 8.11. The second kappa shape index (κ2) is 7.86. The maximum atomic E-state index is 12.4. The van der Waals surface area contributed by atoms with Crippen molar-refractivity contribution in [3.8, 4) is 28.7 Å². The second-order valence-corrected chi connectivity index (χ2v) is 5.60. The van der Waals surface area contributed by atoms with E-state index in [-0.39, 0.29) is 19.1 Å². The largest absolute Gasteiger partial charge is 0.496 e. The number of para-hydroxylation sites is 2. The lowest BCUT2D eigenvalue weighted by atomic mass is 10.1. The predicted molar refractivity (Wildman–Crippen MR) is 94.3 cm³/mol. The highest BCUT2D eigenvalue weighted by atomic mass is 16.6. The Labute approximate surface area is 151 Å². The maximum Gasteiger partial charge on any atom is 0.264 e. The minimum Gasteiger partial charge on any atom is -0.496 e. The molecule has 0 bridgehead atoms. The van der Waals surface area contributed by atoms with Crippen molar-refractivity contribution < 1.29 is 28.5 Å². The molecule has 26 heavy (non-hydrogen) atoms. The monoisotopic (exact) mass is 359 g/mol. The van der Waals surface area contributed by atoms with Crippen molar-refractivity contribution in [3.63, 3.8) is 0 Å². The lowest BCUT2D eigenvalue weighted by Gasteiger charge is -2.25. The van der Waals surface area contributed by atoms with Gasteiger partial charge in [0.25, 0.3) is 5.91 Å². The molecular weight excluding hydrogens is 338 g/mol. The van der Waals surface area contributed by atoms with Crippen LogP contribution >= 0.6 is 0 Å². The standard InChI is InChI=1S/C19H21NO6/c1-22-15-9-17(24-3)16(23-2)8-12(15)10-20-19(21)18-11-25-13-6-4-5-7-14(13)26-18/h4-9,18H,10-11H2,1-3H3,(H,20,21)/t18-/m0/s1. The minimum atomic E-state index is -0.712. The fourth-order valence-electron chi connectivity index (χ4n) is 2.68. The number of hydrogen-bond acceptors (Lipinski definition) is 6. The van der Waals surface area contributed by atoms with E-state index in [0.717, 1.165) is 5.56 Å². The quantitative estimate of drug-likeness (QED) is 0.852. The molecule has 0 aliphatic carbocycles. The zero-order valence-corrected chi connectivity index (χ0v) is 14.9. The zero-order chi connectivity index (χ0) is 18.5. The van der Waals surface area contributed by atoms with Crippen LogP contribution in [0, 0.1) is 0 Å². The van der Waals surface area contributed by atoms with E-state index in [9.17, 15) is 4.79 Å². The van der Waals surface area contributed by atoms with Crippen LogP contribution in [0.3, 0.4) is 0 Å². The Kier molecular flexibility index (Phi) is 5.36. The Morgan fingerprint density at radius 1 is 1.04 bits per heavy atom. The number of methoxy groups -OCH3 is 3.